The third-order valence-electron chi connectivity index (χ3n) is 8.14. The molecule has 1 amide bonds. The van der Waals surface area contributed by atoms with Crippen molar-refractivity contribution in [3.05, 3.63) is 22.3 Å². The van der Waals surface area contributed by atoms with Crippen molar-refractivity contribution in [2.75, 3.05) is 29.9 Å². The van der Waals surface area contributed by atoms with Crippen LogP contribution in [-0.2, 0) is 17.6 Å². The van der Waals surface area contributed by atoms with Crippen LogP contribution in [0.15, 0.2) is 6.20 Å². The molecule has 3 fully saturated rings. The number of aryl methyl sites for hydroxylation is 1. The average Bonchev–Trinajstić information content (AvgIpc) is 3.65. The van der Waals surface area contributed by atoms with E-state index in [-0.39, 0.29) is 11.9 Å². The largest absolute Gasteiger partial charge is 0.341 e. The Hall–Kier alpha value is -2.22. The van der Waals surface area contributed by atoms with Crippen molar-refractivity contribution in [3.63, 3.8) is 0 Å². The summed E-state index contributed by atoms with van der Waals surface area (Å²) in [5, 5.41) is 4.50. The Morgan fingerprint density at radius 3 is 2.59 bits per heavy atom. The maximum absolute atomic E-state index is 13.4. The second kappa shape index (κ2) is 9.80. The van der Waals surface area contributed by atoms with Gasteiger partial charge in [0.25, 0.3) is 0 Å². The summed E-state index contributed by atoms with van der Waals surface area (Å²) in [5.74, 6) is 2.56. The van der Waals surface area contributed by atoms with Gasteiger partial charge in [0.05, 0.1) is 5.69 Å². The molecule has 1 N–H and O–H groups in total. The van der Waals surface area contributed by atoms with Gasteiger partial charge in [-0.1, -0.05) is 19.3 Å². The van der Waals surface area contributed by atoms with Gasteiger partial charge in [-0.15, -0.1) is 11.3 Å². The van der Waals surface area contributed by atoms with Crippen molar-refractivity contribution in [2.45, 2.75) is 95.4 Å². The molecule has 8 heteroatoms. The molecule has 1 atom stereocenters. The zero-order valence-electron chi connectivity index (χ0n) is 20.1. The number of hydrogen-bond acceptors (Lipinski definition) is 7. The molecule has 0 spiro atoms. The van der Waals surface area contributed by atoms with Crippen LogP contribution >= 0.6 is 11.3 Å². The molecule has 6 rings (SSSR count). The van der Waals surface area contributed by atoms with Gasteiger partial charge in [0.1, 0.15) is 11.9 Å². The number of amides is 1. The molecule has 2 aliphatic heterocycles. The molecule has 2 aromatic rings. The zero-order chi connectivity index (χ0) is 22.9. The third kappa shape index (κ3) is 4.41. The Morgan fingerprint density at radius 2 is 1.74 bits per heavy atom. The van der Waals surface area contributed by atoms with Crippen LogP contribution in [-0.4, -0.2) is 51.4 Å². The summed E-state index contributed by atoms with van der Waals surface area (Å²) in [7, 11) is 0. The summed E-state index contributed by atoms with van der Waals surface area (Å²) < 4.78 is 0. The second-order valence-corrected chi connectivity index (χ2v) is 11.5. The summed E-state index contributed by atoms with van der Waals surface area (Å²) in [6.45, 7) is 2.65. The van der Waals surface area contributed by atoms with Gasteiger partial charge < -0.3 is 15.1 Å². The van der Waals surface area contributed by atoms with Crippen LogP contribution in [0.4, 0.5) is 16.9 Å². The van der Waals surface area contributed by atoms with Crippen molar-refractivity contribution >= 4 is 34.1 Å². The quantitative estimate of drug-likeness (QED) is 0.634. The Labute approximate surface area is 206 Å². The van der Waals surface area contributed by atoms with Crippen molar-refractivity contribution in [3.8, 4) is 0 Å². The Balaban J connectivity index is 1.24. The monoisotopic (exact) mass is 480 g/mol. The first-order valence-corrected chi connectivity index (χ1v) is 14.3. The maximum atomic E-state index is 13.4. The molecule has 2 saturated heterocycles. The standard InChI is InChI=1S/C26H36N6OS/c33-24(31-14-5-2-6-15-31)21-13-8-16-32(21)25-28-20-12-7-11-19(20)23(29-25)30-26-27-17-22(34-26)18-9-3-1-4-10-18/h17-18,21H,1-16H2,(H,27,28,29,30)/t21-/m0/s1. The molecule has 4 aliphatic rings. The lowest BCUT2D eigenvalue weighted by molar-refractivity contribution is -0.133. The zero-order valence-corrected chi connectivity index (χ0v) is 20.9. The van der Waals surface area contributed by atoms with Crippen LogP contribution in [0.3, 0.4) is 0 Å². The van der Waals surface area contributed by atoms with E-state index < -0.39 is 0 Å². The van der Waals surface area contributed by atoms with E-state index in [0.717, 1.165) is 87.2 Å². The van der Waals surface area contributed by atoms with Crippen molar-refractivity contribution in [1.82, 2.24) is 19.9 Å². The van der Waals surface area contributed by atoms with Crippen molar-refractivity contribution in [2.24, 2.45) is 0 Å². The minimum Gasteiger partial charge on any atom is -0.341 e. The molecule has 34 heavy (non-hydrogen) atoms. The normalized spacial score (nSPS) is 23.4. The maximum Gasteiger partial charge on any atom is 0.245 e. The van der Waals surface area contributed by atoms with Crippen LogP contribution in [0.5, 0.6) is 0 Å². The van der Waals surface area contributed by atoms with Gasteiger partial charge in [-0.3, -0.25) is 4.79 Å². The number of anilines is 3. The molecule has 2 aromatic heterocycles. The van der Waals surface area contributed by atoms with E-state index in [2.05, 4.69) is 21.3 Å². The number of rotatable bonds is 5. The lowest BCUT2D eigenvalue weighted by Gasteiger charge is -2.32. The predicted octanol–water partition coefficient (Wildman–Crippen LogP) is 5.19. The number of likely N-dealkylation sites (tertiary alicyclic amines) is 1. The number of hydrogen-bond donors (Lipinski definition) is 1. The number of nitrogens with one attached hydrogen (secondary N) is 1. The van der Waals surface area contributed by atoms with Gasteiger partial charge >= 0.3 is 0 Å². The fourth-order valence-corrected chi connectivity index (χ4v) is 7.24. The van der Waals surface area contributed by atoms with E-state index >= 15 is 0 Å². The van der Waals surface area contributed by atoms with Crippen LogP contribution in [0.25, 0.3) is 0 Å². The highest BCUT2D eigenvalue weighted by atomic mass is 32.1. The Kier molecular flexibility index (Phi) is 6.41. The first-order chi connectivity index (χ1) is 16.8. The lowest BCUT2D eigenvalue weighted by atomic mass is 9.89. The topological polar surface area (TPSA) is 74.2 Å². The van der Waals surface area contributed by atoms with E-state index in [1.165, 1.54) is 49.0 Å². The third-order valence-corrected chi connectivity index (χ3v) is 9.22. The van der Waals surface area contributed by atoms with E-state index in [1.807, 2.05) is 0 Å². The predicted molar refractivity (Wildman–Crippen MR) is 136 cm³/mol. The molecule has 1 saturated carbocycles. The summed E-state index contributed by atoms with van der Waals surface area (Å²) in [5.41, 5.74) is 2.38. The summed E-state index contributed by atoms with van der Waals surface area (Å²) >= 11 is 1.79. The van der Waals surface area contributed by atoms with Crippen LogP contribution < -0.4 is 10.2 Å². The van der Waals surface area contributed by atoms with Crippen LogP contribution in [0.2, 0.25) is 0 Å². The molecular weight excluding hydrogens is 444 g/mol. The minimum atomic E-state index is -0.122. The molecule has 0 radical (unpaired) electrons. The Morgan fingerprint density at radius 1 is 0.912 bits per heavy atom. The van der Waals surface area contributed by atoms with Gasteiger partial charge in [0.15, 0.2) is 5.13 Å². The molecule has 182 valence electrons. The van der Waals surface area contributed by atoms with Gasteiger partial charge in [0.2, 0.25) is 11.9 Å². The number of thiazole rings is 1. The molecule has 0 unspecified atom stereocenters. The van der Waals surface area contributed by atoms with Gasteiger partial charge in [-0.25, -0.2) is 9.97 Å². The molecule has 7 nitrogen and oxygen atoms in total. The molecule has 2 aliphatic carbocycles. The minimum absolute atomic E-state index is 0.122. The Bertz CT molecular complexity index is 1030. The number of carbonyl (C=O) groups is 1. The lowest BCUT2D eigenvalue weighted by Crippen LogP contribution is -2.48. The highest BCUT2D eigenvalue weighted by molar-refractivity contribution is 7.15. The van der Waals surface area contributed by atoms with Gasteiger partial charge in [-0.05, 0) is 70.1 Å². The van der Waals surface area contributed by atoms with E-state index in [1.54, 1.807) is 11.3 Å². The highest BCUT2D eigenvalue weighted by Crippen LogP contribution is 2.38. The molecule has 4 heterocycles. The molecular formula is C26H36N6OS. The number of carbonyl (C=O) groups excluding carboxylic acids is 1. The number of aromatic nitrogens is 3. The van der Waals surface area contributed by atoms with E-state index in [9.17, 15) is 4.79 Å². The van der Waals surface area contributed by atoms with Crippen molar-refractivity contribution < 1.29 is 4.79 Å². The smallest absolute Gasteiger partial charge is 0.245 e. The second-order valence-electron chi connectivity index (χ2n) is 10.4. The van der Waals surface area contributed by atoms with Gasteiger partial charge in [-0.2, -0.15) is 4.98 Å². The highest BCUT2D eigenvalue weighted by Gasteiger charge is 2.36. The number of piperidine rings is 1. The SMILES string of the molecule is O=C([C@@H]1CCCN1c1nc2c(c(Nc3ncc(C4CCCCC4)s3)n1)CCC2)N1CCCCC1. The summed E-state index contributed by atoms with van der Waals surface area (Å²) in [6, 6.07) is -0.122. The first-order valence-electron chi connectivity index (χ1n) is 13.4. The van der Waals surface area contributed by atoms with Gasteiger partial charge in [0, 0.05) is 36.3 Å². The molecule has 0 aromatic carbocycles. The number of fused-ring (bicyclic) bond motifs is 1. The summed E-state index contributed by atoms with van der Waals surface area (Å²) in [6.07, 6.45) is 17.2. The van der Waals surface area contributed by atoms with E-state index in [4.69, 9.17) is 15.0 Å². The van der Waals surface area contributed by atoms with Crippen LogP contribution in [0.1, 0.15) is 92.7 Å². The van der Waals surface area contributed by atoms with Crippen molar-refractivity contribution in [1.29, 1.82) is 0 Å². The first kappa shape index (κ1) is 22.3. The molecule has 0 bridgehead atoms. The van der Waals surface area contributed by atoms with Crippen LogP contribution in [0, 0.1) is 0 Å². The fourth-order valence-electron chi connectivity index (χ4n) is 6.26. The van der Waals surface area contributed by atoms with E-state index in [0.29, 0.717) is 5.92 Å². The number of nitrogens with zero attached hydrogens (tertiary/aromatic N) is 5. The average molecular weight is 481 g/mol. The fraction of sp³-hybridized carbons (Fsp3) is 0.692. The summed E-state index contributed by atoms with van der Waals surface area (Å²) in [4.78, 5) is 33.7.